The molecule has 1 amide bonds. The minimum absolute atomic E-state index is 0.144. The van der Waals surface area contributed by atoms with Gasteiger partial charge in [0.15, 0.2) is 22.7 Å². The fourth-order valence-corrected chi connectivity index (χ4v) is 3.57. The van der Waals surface area contributed by atoms with Crippen LogP contribution in [-0.2, 0) is 24.4 Å². The Morgan fingerprint density at radius 1 is 1.43 bits per heavy atom. The van der Waals surface area contributed by atoms with Crippen molar-refractivity contribution < 1.29 is 19.3 Å². The fraction of sp³-hybridized carbons (Fsp3) is 0.278. The summed E-state index contributed by atoms with van der Waals surface area (Å²) >= 11 is 3.25. The predicted octanol–water partition coefficient (Wildman–Crippen LogP) is 1.96. The van der Waals surface area contributed by atoms with E-state index in [9.17, 15) is 14.7 Å². The molecule has 2 heterocycles. The van der Waals surface area contributed by atoms with E-state index < -0.39 is 5.97 Å². The average molecular weight is 448 g/mol. The number of rotatable bonds is 7. The number of anilines is 2. The van der Waals surface area contributed by atoms with E-state index in [0.29, 0.717) is 24.1 Å². The lowest BCUT2D eigenvalue weighted by Gasteiger charge is -2.16. The van der Waals surface area contributed by atoms with E-state index in [-0.39, 0.29) is 23.7 Å². The van der Waals surface area contributed by atoms with Crippen LogP contribution in [0.15, 0.2) is 29.0 Å². The molecule has 0 atom stereocenters. The van der Waals surface area contributed by atoms with Gasteiger partial charge in [-0.2, -0.15) is 0 Å². The van der Waals surface area contributed by atoms with Gasteiger partial charge in [0, 0.05) is 6.07 Å². The van der Waals surface area contributed by atoms with Crippen molar-refractivity contribution in [2.24, 2.45) is 0 Å². The molecule has 0 aliphatic rings. The number of hydrogen-bond acceptors (Lipinski definition) is 5. The molecular formula is C18H20BrN6O3+. The molecule has 0 radical (unpaired) electrons. The Hall–Kier alpha value is -3.01. The van der Waals surface area contributed by atoms with Gasteiger partial charge in [-0.3, -0.25) is 9.69 Å². The van der Waals surface area contributed by atoms with Gasteiger partial charge in [0.25, 0.3) is 5.82 Å². The van der Waals surface area contributed by atoms with Gasteiger partial charge in [0.2, 0.25) is 6.41 Å². The van der Waals surface area contributed by atoms with E-state index in [1.54, 1.807) is 18.2 Å². The molecule has 0 unspecified atom stereocenters. The van der Waals surface area contributed by atoms with E-state index >= 15 is 0 Å². The van der Waals surface area contributed by atoms with Gasteiger partial charge in [0.1, 0.15) is 11.1 Å². The number of carboxylic acids is 1. The molecule has 0 spiro atoms. The number of carbonyl (C=O) groups excluding carboxylic acids is 1. The summed E-state index contributed by atoms with van der Waals surface area (Å²) in [6.45, 7) is 5.42. The number of amides is 1. The Morgan fingerprint density at radius 2 is 2.18 bits per heavy atom. The number of aryl methyl sites for hydroxylation is 2. The van der Waals surface area contributed by atoms with Gasteiger partial charge < -0.3 is 10.8 Å². The third-order valence-electron chi connectivity index (χ3n) is 4.52. The monoisotopic (exact) mass is 447 g/mol. The molecule has 28 heavy (non-hydrogen) atoms. The lowest BCUT2D eigenvalue weighted by Crippen LogP contribution is -2.40. The zero-order chi connectivity index (χ0) is 20.4. The molecule has 2 aromatic heterocycles. The standard InChI is InChI=1S/C18H19BrN6O3/c1-3-24-12-6-5-11(18(27)28)7-13(12)25(4-2)15(24)9-23(10-26)17-16(20)21-8-14(19)22-17/h5-8,10H,3-4,9H2,1-2H3,(H2-,20,21,27,28)/p+1. The van der Waals surface area contributed by atoms with Gasteiger partial charge in [0.05, 0.1) is 24.8 Å². The van der Waals surface area contributed by atoms with Crippen molar-refractivity contribution in [1.82, 2.24) is 14.5 Å². The molecule has 3 rings (SSSR count). The highest BCUT2D eigenvalue weighted by molar-refractivity contribution is 9.10. The number of fused-ring (bicyclic) bond motifs is 1. The summed E-state index contributed by atoms with van der Waals surface area (Å²) in [6.07, 6.45) is 2.12. The molecule has 9 nitrogen and oxygen atoms in total. The Labute approximate surface area is 169 Å². The zero-order valence-electron chi connectivity index (χ0n) is 15.5. The molecule has 1 aromatic carbocycles. The van der Waals surface area contributed by atoms with Gasteiger partial charge in [-0.15, -0.1) is 0 Å². The first-order valence-corrected chi connectivity index (χ1v) is 9.48. The Morgan fingerprint density at radius 3 is 2.79 bits per heavy atom. The number of carbonyl (C=O) groups is 2. The molecule has 0 aliphatic carbocycles. The molecular weight excluding hydrogens is 428 g/mol. The van der Waals surface area contributed by atoms with Gasteiger partial charge in [-0.25, -0.2) is 23.9 Å². The van der Waals surface area contributed by atoms with Crippen molar-refractivity contribution in [3.05, 3.63) is 40.4 Å². The molecule has 10 heteroatoms. The van der Waals surface area contributed by atoms with E-state index in [1.807, 2.05) is 23.0 Å². The summed E-state index contributed by atoms with van der Waals surface area (Å²) in [6, 6.07) is 5.02. The predicted molar refractivity (Wildman–Crippen MR) is 107 cm³/mol. The summed E-state index contributed by atoms with van der Waals surface area (Å²) in [7, 11) is 0. The van der Waals surface area contributed by atoms with Crippen molar-refractivity contribution >= 4 is 51.0 Å². The van der Waals surface area contributed by atoms with Crippen LogP contribution in [-0.4, -0.2) is 32.0 Å². The molecule has 0 aliphatic heterocycles. The first-order valence-electron chi connectivity index (χ1n) is 8.69. The molecule has 0 bridgehead atoms. The number of carboxylic acid groups (broad SMARTS) is 1. The van der Waals surface area contributed by atoms with Crippen molar-refractivity contribution in [3.8, 4) is 0 Å². The fourth-order valence-electron chi connectivity index (χ4n) is 3.29. The van der Waals surface area contributed by atoms with Crippen LogP contribution in [0, 0.1) is 0 Å². The minimum Gasteiger partial charge on any atom is -0.478 e. The van der Waals surface area contributed by atoms with E-state index in [4.69, 9.17) is 5.73 Å². The molecule has 3 N–H and O–H groups in total. The molecule has 146 valence electrons. The van der Waals surface area contributed by atoms with Gasteiger partial charge in [-0.1, -0.05) is 0 Å². The van der Waals surface area contributed by atoms with Crippen LogP contribution in [0.25, 0.3) is 11.0 Å². The van der Waals surface area contributed by atoms with Crippen molar-refractivity contribution in [1.29, 1.82) is 0 Å². The highest BCUT2D eigenvalue weighted by atomic mass is 79.9. The van der Waals surface area contributed by atoms with Crippen LogP contribution in [0.5, 0.6) is 0 Å². The Balaban J connectivity index is 2.16. The van der Waals surface area contributed by atoms with Gasteiger partial charge in [-0.05, 0) is 41.9 Å². The minimum atomic E-state index is -0.984. The Bertz CT molecular complexity index is 1070. The smallest absolute Gasteiger partial charge is 0.335 e. The third-order valence-corrected chi connectivity index (χ3v) is 4.90. The number of hydrogen-bond donors (Lipinski definition) is 2. The van der Waals surface area contributed by atoms with Crippen LogP contribution >= 0.6 is 15.9 Å². The van der Waals surface area contributed by atoms with Crippen LogP contribution in [0.3, 0.4) is 0 Å². The van der Waals surface area contributed by atoms with Gasteiger partial charge >= 0.3 is 5.97 Å². The molecule has 0 saturated heterocycles. The van der Waals surface area contributed by atoms with Crippen LogP contribution in [0.4, 0.5) is 11.6 Å². The lowest BCUT2D eigenvalue weighted by atomic mass is 10.2. The lowest BCUT2D eigenvalue weighted by molar-refractivity contribution is -0.676. The first-order chi connectivity index (χ1) is 13.4. The number of imidazole rings is 1. The SMILES string of the molecule is CCn1c(CN(C=O)c2nc(Br)cnc2N)[n+](CC)c2ccc(C(=O)O)cc21. The molecule has 0 saturated carbocycles. The Kier molecular flexibility index (Phi) is 5.59. The van der Waals surface area contributed by atoms with Crippen LogP contribution in [0.1, 0.15) is 30.0 Å². The summed E-state index contributed by atoms with van der Waals surface area (Å²) in [4.78, 5) is 32.9. The van der Waals surface area contributed by atoms with Crippen LogP contribution < -0.4 is 15.2 Å². The van der Waals surface area contributed by atoms with E-state index in [1.165, 1.54) is 11.1 Å². The first kappa shape index (κ1) is 19.7. The second kappa shape index (κ2) is 7.93. The third kappa shape index (κ3) is 3.42. The van der Waals surface area contributed by atoms with Crippen molar-refractivity contribution in [3.63, 3.8) is 0 Å². The molecule has 3 aromatic rings. The number of nitrogen functional groups attached to an aromatic ring is 1. The molecule has 0 fully saturated rings. The highest BCUT2D eigenvalue weighted by Crippen LogP contribution is 2.23. The second-order valence-corrected chi connectivity index (χ2v) is 6.86. The normalized spacial score (nSPS) is 11.0. The summed E-state index contributed by atoms with van der Waals surface area (Å²) in [5.41, 5.74) is 7.81. The van der Waals surface area contributed by atoms with Crippen LogP contribution in [0.2, 0.25) is 0 Å². The quantitative estimate of drug-likeness (QED) is 0.422. The van der Waals surface area contributed by atoms with Crippen molar-refractivity contribution in [2.75, 3.05) is 10.6 Å². The van der Waals surface area contributed by atoms with E-state index in [2.05, 4.69) is 25.9 Å². The number of aromatic carboxylic acids is 1. The average Bonchev–Trinajstić information content (AvgIpc) is 2.99. The topological polar surface area (TPSA) is 118 Å². The number of benzene rings is 1. The van der Waals surface area contributed by atoms with E-state index in [0.717, 1.165) is 16.9 Å². The summed E-state index contributed by atoms with van der Waals surface area (Å²) in [5.74, 6) is 0.245. The summed E-state index contributed by atoms with van der Waals surface area (Å²) < 4.78 is 4.50. The largest absolute Gasteiger partial charge is 0.478 e. The van der Waals surface area contributed by atoms with Crippen molar-refractivity contribution in [2.45, 2.75) is 33.5 Å². The maximum Gasteiger partial charge on any atom is 0.335 e. The second-order valence-electron chi connectivity index (χ2n) is 6.05. The number of halogens is 1. The maximum atomic E-state index is 11.8. The summed E-state index contributed by atoms with van der Waals surface area (Å²) in [5, 5.41) is 9.33. The zero-order valence-corrected chi connectivity index (χ0v) is 17.0. The highest BCUT2D eigenvalue weighted by Gasteiger charge is 2.27. The number of aromatic nitrogens is 4. The number of nitrogens with two attached hydrogens (primary N) is 1. The number of nitrogens with zero attached hydrogens (tertiary/aromatic N) is 5. The maximum absolute atomic E-state index is 11.8.